The molecule has 0 radical (unpaired) electrons. The fraction of sp³-hybridized carbons (Fsp3) is 0.455. The van der Waals surface area contributed by atoms with E-state index in [1.165, 1.54) is 0 Å². The van der Waals surface area contributed by atoms with Gasteiger partial charge in [-0.2, -0.15) is 13.2 Å². The summed E-state index contributed by atoms with van der Waals surface area (Å²) >= 11 is 3.04. The Bertz CT molecular complexity index is 410. The Labute approximate surface area is 99.4 Å². The fourth-order valence-electron chi connectivity index (χ4n) is 1.82. The summed E-state index contributed by atoms with van der Waals surface area (Å²) < 4.78 is 38.0. The molecule has 1 saturated carbocycles. The number of hydrogen-bond donors (Lipinski definition) is 1. The molecule has 0 heterocycles. The van der Waals surface area contributed by atoms with Crippen molar-refractivity contribution in [2.45, 2.75) is 31.0 Å². The van der Waals surface area contributed by atoms with E-state index in [0.717, 1.165) is 18.6 Å². The van der Waals surface area contributed by atoms with Crippen molar-refractivity contribution in [1.29, 1.82) is 0 Å². The van der Waals surface area contributed by atoms with Crippen LogP contribution in [0, 0.1) is 0 Å². The number of halogens is 4. The molecule has 88 valence electrons. The molecular formula is C11H10BrF3O. The second-order valence-electron chi connectivity index (χ2n) is 4.11. The van der Waals surface area contributed by atoms with Crippen LogP contribution >= 0.6 is 15.9 Å². The third-order valence-electron chi connectivity index (χ3n) is 2.94. The molecule has 1 aliphatic rings. The van der Waals surface area contributed by atoms with E-state index in [9.17, 15) is 18.3 Å². The van der Waals surface area contributed by atoms with Crippen LogP contribution in [0.25, 0.3) is 0 Å². The van der Waals surface area contributed by atoms with Crippen LogP contribution in [0.5, 0.6) is 0 Å². The van der Waals surface area contributed by atoms with Gasteiger partial charge in [0.2, 0.25) is 0 Å². The Morgan fingerprint density at radius 3 is 2.25 bits per heavy atom. The highest BCUT2D eigenvalue weighted by molar-refractivity contribution is 9.10. The Balaban J connectivity index is 2.44. The zero-order chi connectivity index (χ0) is 12.0. The molecule has 0 saturated heterocycles. The minimum absolute atomic E-state index is 0.345. The summed E-state index contributed by atoms with van der Waals surface area (Å²) in [6.45, 7) is 0. The van der Waals surface area contributed by atoms with E-state index in [2.05, 4.69) is 15.9 Å². The Kier molecular flexibility index (Phi) is 2.78. The largest absolute Gasteiger partial charge is 0.416 e. The van der Waals surface area contributed by atoms with Gasteiger partial charge in [-0.05, 0) is 43.0 Å². The monoisotopic (exact) mass is 294 g/mol. The number of alkyl halides is 3. The minimum Gasteiger partial charge on any atom is -0.385 e. The van der Waals surface area contributed by atoms with E-state index in [4.69, 9.17) is 0 Å². The molecule has 1 fully saturated rings. The summed E-state index contributed by atoms with van der Waals surface area (Å²) in [5.41, 5.74) is -1.44. The fourth-order valence-corrected chi connectivity index (χ4v) is 2.32. The van der Waals surface area contributed by atoms with Crippen LogP contribution in [-0.2, 0) is 11.8 Å². The number of rotatable bonds is 1. The first-order valence-corrected chi connectivity index (χ1v) is 5.71. The van der Waals surface area contributed by atoms with Gasteiger partial charge in [-0.1, -0.05) is 15.9 Å². The van der Waals surface area contributed by atoms with Gasteiger partial charge < -0.3 is 5.11 Å². The summed E-state index contributed by atoms with van der Waals surface area (Å²) in [6, 6.07) is 3.60. The van der Waals surface area contributed by atoms with Crippen molar-refractivity contribution < 1.29 is 18.3 Å². The van der Waals surface area contributed by atoms with Gasteiger partial charge in [-0.3, -0.25) is 0 Å². The van der Waals surface area contributed by atoms with Gasteiger partial charge in [0.1, 0.15) is 0 Å². The first-order chi connectivity index (χ1) is 7.31. The van der Waals surface area contributed by atoms with Gasteiger partial charge >= 0.3 is 6.18 Å². The third kappa shape index (κ3) is 2.11. The first kappa shape index (κ1) is 11.9. The normalized spacial score (nSPS) is 19.3. The average Bonchev–Trinajstić information content (AvgIpc) is 2.11. The van der Waals surface area contributed by atoms with Gasteiger partial charge in [0, 0.05) is 4.47 Å². The van der Waals surface area contributed by atoms with E-state index < -0.39 is 17.3 Å². The van der Waals surface area contributed by atoms with Crippen LogP contribution in [0.3, 0.4) is 0 Å². The zero-order valence-electron chi connectivity index (χ0n) is 8.31. The van der Waals surface area contributed by atoms with Gasteiger partial charge in [0.05, 0.1) is 11.2 Å². The van der Waals surface area contributed by atoms with Crippen molar-refractivity contribution in [2.75, 3.05) is 0 Å². The van der Waals surface area contributed by atoms with Crippen molar-refractivity contribution in [3.63, 3.8) is 0 Å². The summed E-state index contributed by atoms with van der Waals surface area (Å²) in [6.07, 6.45) is -2.47. The van der Waals surface area contributed by atoms with Crippen LogP contribution < -0.4 is 0 Å². The summed E-state index contributed by atoms with van der Waals surface area (Å²) in [4.78, 5) is 0. The van der Waals surface area contributed by atoms with E-state index in [1.54, 1.807) is 6.07 Å². The Morgan fingerprint density at radius 2 is 1.81 bits per heavy atom. The topological polar surface area (TPSA) is 20.2 Å². The standard InChI is InChI=1S/C11H10BrF3O/c12-9-5-7(10(16)2-1-3-10)4-8(6-9)11(13,14)15/h4-6,16H,1-3H2. The van der Waals surface area contributed by atoms with E-state index in [0.29, 0.717) is 22.9 Å². The quantitative estimate of drug-likeness (QED) is 0.834. The van der Waals surface area contributed by atoms with Crippen LogP contribution in [-0.4, -0.2) is 5.11 Å². The van der Waals surface area contributed by atoms with Crippen LogP contribution in [0.2, 0.25) is 0 Å². The SMILES string of the molecule is OC1(c2cc(Br)cc(C(F)(F)F)c2)CCC1. The predicted octanol–water partition coefficient (Wildman–Crippen LogP) is 3.84. The molecule has 1 N–H and O–H groups in total. The molecule has 2 rings (SSSR count). The molecule has 0 atom stereocenters. The lowest BCUT2D eigenvalue weighted by molar-refractivity contribution is -0.137. The van der Waals surface area contributed by atoms with Gasteiger partial charge in [-0.25, -0.2) is 0 Å². The molecule has 0 aliphatic heterocycles. The van der Waals surface area contributed by atoms with Gasteiger partial charge in [0.15, 0.2) is 0 Å². The van der Waals surface area contributed by atoms with E-state index in [-0.39, 0.29) is 0 Å². The lowest BCUT2D eigenvalue weighted by Gasteiger charge is -2.37. The van der Waals surface area contributed by atoms with Crippen LogP contribution in [0.4, 0.5) is 13.2 Å². The zero-order valence-corrected chi connectivity index (χ0v) is 9.90. The lowest BCUT2D eigenvalue weighted by Crippen LogP contribution is -2.33. The maximum atomic E-state index is 12.6. The second-order valence-corrected chi connectivity index (χ2v) is 5.03. The van der Waals surface area contributed by atoms with Crippen molar-refractivity contribution in [3.8, 4) is 0 Å². The number of hydrogen-bond acceptors (Lipinski definition) is 1. The first-order valence-electron chi connectivity index (χ1n) is 4.92. The third-order valence-corrected chi connectivity index (χ3v) is 3.40. The molecule has 1 aromatic carbocycles. The summed E-state index contributed by atoms with van der Waals surface area (Å²) in [5.74, 6) is 0. The van der Waals surface area contributed by atoms with Crippen molar-refractivity contribution in [3.05, 3.63) is 33.8 Å². The summed E-state index contributed by atoms with van der Waals surface area (Å²) in [5, 5.41) is 10.0. The molecule has 0 unspecified atom stereocenters. The molecule has 0 bridgehead atoms. The predicted molar refractivity (Wildman–Crippen MR) is 56.9 cm³/mol. The van der Waals surface area contributed by atoms with Crippen LogP contribution in [0.1, 0.15) is 30.4 Å². The molecule has 0 spiro atoms. The van der Waals surface area contributed by atoms with Crippen LogP contribution in [0.15, 0.2) is 22.7 Å². The highest BCUT2D eigenvalue weighted by Gasteiger charge is 2.39. The second kappa shape index (κ2) is 3.74. The molecule has 1 aromatic rings. The summed E-state index contributed by atoms with van der Waals surface area (Å²) in [7, 11) is 0. The molecule has 1 aliphatic carbocycles. The van der Waals surface area contributed by atoms with Gasteiger partial charge in [-0.15, -0.1) is 0 Å². The smallest absolute Gasteiger partial charge is 0.385 e. The molecular weight excluding hydrogens is 285 g/mol. The van der Waals surface area contributed by atoms with E-state index >= 15 is 0 Å². The Morgan fingerprint density at radius 1 is 1.19 bits per heavy atom. The molecule has 0 amide bonds. The van der Waals surface area contributed by atoms with Crippen molar-refractivity contribution in [1.82, 2.24) is 0 Å². The average molecular weight is 295 g/mol. The van der Waals surface area contributed by atoms with Crippen molar-refractivity contribution >= 4 is 15.9 Å². The maximum Gasteiger partial charge on any atom is 0.416 e. The maximum absolute atomic E-state index is 12.6. The van der Waals surface area contributed by atoms with E-state index in [1.807, 2.05) is 0 Å². The molecule has 16 heavy (non-hydrogen) atoms. The lowest BCUT2D eigenvalue weighted by atomic mass is 9.75. The highest BCUT2D eigenvalue weighted by atomic mass is 79.9. The minimum atomic E-state index is -4.38. The molecule has 1 nitrogen and oxygen atoms in total. The number of benzene rings is 1. The molecule has 0 aromatic heterocycles. The number of aliphatic hydroxyl groups is 1. The van der Waals surface area contributed by atoms with Crippen molar-refractivity contribution in [2.24, 2.45) is 0 Å². The van der Waals surface area contributed by atoms with Gasteiger partial charge in [0.25, 0.3) is 0 Å². The highest BCUT2D eigenvalue weighted by Crippen LogP contribution is 2.43. The Hall–Kier alpha value is -0.550. The molecule has 5 heteroatoms.